The smallest absolute Gasteiger partial charge is 0.306 e. The van der Waals surface area contributed by atoms with E-state index in [4.69, 9.17) is 0 Å². The minimum atomic E-state index is -3.55. The van der Waals surface area contributed by atoms with E-state index in [2.05, 4.69) is 11.7 Å². The maximum Gasteiger partial charge on any atom is 0.306 e. The molecular formula is C14H21NO4S. The fraction of sp³-hybridized carbons (Fsp3) is 0.500. The lowest BCUT2D eigenvalue weighted by Gasteiger charge is -2.16. The summed E-state index contributed by atoms with van der Waals surface area (Å²) in [4.78, 5) is 11.3. The number of sulfonamides is 1. The molecule has 112 valence electrons. The van der Waals surface area contributed by atoms with Gasteiger partial charge < -0.3 is 4.74 Å². The number of methoxy groups -OCH3 is 1. The maximum atomic E-state index is 12.3. The minimum Gasteiger partial charge on any atom is -0.469 e. The molecule has 0 fully saturated rings. The number of hydrogen-bond acceptors (Lipinski definition) is 4. The fourth-order valence-electron chi connectivity index (χ4n) is 1.77. The molecule has 0 amide bonds. The van der Waals surface area contributed by atoms with Gasteiger partial charge in [-0.15, -0.1) is 0 Å². The Labute approximate surface area is 120 Å². The normalized spacial score (nSPS) is 11.6. The Morgan fingerprint density at radius 3 is 2.35 bits per heavy atom. The van der Waals surface area contributed by atoms with Crippen LogP contribution >= 0.6 is 0 Å². The first-order chi connectivity index (χ1) is 9.41. The number of nitrogens with zero attached hydrogens (tertiary/aromatic N) is 1. The summed E-state index contributed by atoms with van der Waals surface area (Å²) in [6.07, 6.45) is 1.99. The molecule has 1 aromatic rings. The van der Waals surface area contributed by atoms with Gasteiger partial charge in [-0.2, -0.15) is 0 Å². The SMILES string of the molecule is CCCc1ccc(S(=O)(=O)N(C)CCC(=O)OC)cc1. The number of hydrogen-bond donors (Lipinski definition) is 0. The van der Waals surface area contributed by atoms with Crippen LogP contribution in [0.15, 0.2) is 29.2 Å². The summed E-state index contributed by atoms with van der Waals surface area (Å²) in [6.45, 7) is 2.18. The van der Waals surface area contributed by atoms with Gasteiger partial charge in [-0.25, -0.2) is 12.7 Å². The van der Waals surface area contributed by atoms with Crippen LogP contribution in [0.1, 0.15) is 25.3 Å². The number of benzene rings is 1. The summed E-state index contributed by atoms with van der Waals surface area (Å²) >= 11 is 0. The molecule has 0 radical (unpaired) electrons. The highest BCUT2D eigenvalue weighted by atomic mass is 32.2. The molecule has 0 aromatic heterocycles. The minimum absolute atomic E-state index is 0.0418. The van der Waals surface area contributed by atoms with Gasteiger partial charge in [-0.3, -0.25) is 4.79 Å². The van der Waals surface area contributed by atoms with Crippen LogP contribution in [0.3, 0.4) is 0 Å². The van der Waals surface area contributed by atoms with E-state index in [1.54, 1.807) is 12.1 Å². The van der Waals surface area contributed by atoms with Gasteiger partial charge in [0.15, 0.2) is 0 Å². The van der Waals surface area contributed by atoms with Crippen molar-refractivity contribution in [3.8, 4) is 0 Å². The molecule has 0 aliphatic carbocycles. The highest BCUT2D eigenvalue weighted by Gasteiger charge is 2.21. The molecule has 20 heavy (non-hydrogen) atoms. The Kier molecular flexibility index (Phi) is 6.16. The molecule has 0 saturated heterocycles. The van der Waals surface area contributed by atoms with E-state index in [-0.39, 0.29) is 17.9 Å². The topological polar surface area (TPSA) is 63.7 Å². The Morgan fingerprint density at radius 1 is 1.25 bits per heavy atom. The summed E-state index contributed by atoms with van der Waals surface area (Å²) in [7, 11) is -0.811. The summed E-state index contributed by atoms with van der Waals surface area (Å²) in [5.41, 5.74) is 1.11. The lowest BCUT2D eigenvalue weighted by molar-refractivity contribution is -0.140. The summed E-state index contributed by atoms with van der Waals surface area (Å²) in [5, 5.41) is 0. The largest absolute Gasteiger partial charge is 0.469 e. The first-order valence-corrected chi connectivity index (χ1v) is 7.98. The van der Waals surface area contributed by atoms with Gasteiger partial charge in [-0.1, -0.05) is 25.5 Å². The number of aryl methyl sites for hydroxylation is 1. The molecule has 1 rings (SSSR count). The molecule has 1 aromatic carbocycles. The van der Waals surface area contributed by atoms with E-state index in [1.807, 2.05) is 12.1 Å². The Bertz CT molecular complexity index is 537. The number of carbonyl (C=O) groups excluding carboxylic acids is 1. The van der Waals surface area contributed by atoms with Crippen LogP contribution in [0.2, 0.25) is 0 Å². The van der Waals surface area contributed by atoms with Gasteiger partial charge in [0, 0.05) is 13.6 Å². The van der Waals surface area contributed by atoms with Gasteiger partial charge in [-0.05, 0) is 24.1 Å². The highest BCUT2D eigenvalue weighted by Crippen LogP contribution is 2.16. The summed E-state index contributed by atoms with van der Waals surface area (Å²) in [5.74, 6) is -0.426. The highest BCUT2D eigenvalue weighted by molar-refractivity contribution is 7.89. The molecule has 0 bridgehead atoms. The standard InChI is InChI=1S/C14H21NO4S/c1-4-5-12-6-8-13(9-7-12)20(17,18)15(2)11-10-14(16)19-3/h6-9H,4-5,10-11H2,1-3H3. The zero-order valence-electron chi connectivity index (χ0n) is 12.1. The first kappa shape index (κ1) is 16.7. The zero-order chi connectivity index (χ0) is 15.2. The number of rotatable bonds is 7. The van der Waals surface area contributed by atoms with Crippen LogP contribution < -0.4 is 0 Å². The van der Waals surface area contributed by atoms with E-state index in [0.717, 1.165) is 18.4 Å². The molecule has 0 atom stereocenters. The molecular weight excluding hydrogens is 278 g/mol. The lowest BCUT2D eigenvalue weighted by atomic mass is 10.1. The van der Waals surface area contributed by atoms with E-state index < -0.39 is 16.0 Å². The molecule has 0 heterocycles. The number of ether oxygens (including phenoxy) is 1. The van der Waals surface area contributed by atoms with Crippen LogP contribution in [0.25, 0.3) is 0 Å². The van der Waals surface area contributed by atoms with Crippen LogP contribution in [0.4, 0.5) is 0 Å². The van der Waals surface area contributed by atoms with Crippen LogP contribution in [-0.2, 0) is 26.0 Å². The Balaban J connectivity index is 2.79. The van der Waals surface area contributed by atoms with Crippen molar-refractivity contribution in [3.63, 3.8) is 0 Å². The van der Waals surface area contributed by atoms with Crippen molar-refractivity contribution in [1.82, 2.24) is 4.31 Å². The average molecular weight is 299 g/mol. The predicted octanol–water partition coefficient (Wildman–Crippen LogP) is 1.82. The van der Waals surface area contributed by atoms with Crippen molar-refractivity contribution < 1.29 is 17.9 Å². The molecule has 6 heteroatoms. The van der Waals surface area contributed by atoms with E-state index in [9.17, 15) is 13.2 Å². The molecule has 0 unspecified atom stereocenters. The monoisotopic (exact) mass is 299 g/mol. The number of carbonyl (C=O) groups is 1. The second-order valence-electron chi connectivity index (χ2n) is 4.55. The van der Waals surface area contributed by atoms with Crippen molar-refractivity contribution in [1.29, 1.82) is 0 Å². The third-order valence-electron chi connectivity index (χ3n) is 3.03. The van der Waals surface area contributed by atoms with Crippen molar-refractivity contribution in [2.75, 3.05) is 20.7 Å². The second-order valence-corrected chi connectivity index (χ2v) is 6.59. The fourth-order valence-corrected chi connectivity index (χ4v) is 2.94. The van der Waals surface area contributed by atoms with Crippen molar-refractivity contribution in [2.45, 2.75) is 31.1 Å². The number of esters is 1. The van der Waals surface area contributed by atoms with Crippen molar-refractivity contribution in [2.24, 2.45) is 0 Å². The van der Waals surface area contributed by atoms with E-state index >= 15 is 0 Å². The van der Waals surface area contributed by atoms with E-state index in [1.165, 1.54) is 18.5 Å². The van der Waals surface area contributed by atoms with Crippen LogP contribution in [0, 0.1) is 0 Å². The lowest BCUT2D eigenvalue weighted by Crippen LogP contribution is -2.29. The second kappa shape index (κ2) is 7.40. The molecule has 0 N–H and O–H groups in total. The summed E-state index contributed by atoms with van der Waals surface area (Å²) in [6, 6.07) is 6.86. The van der Waals surface area contributed by atoms with Crippen molar-refractivity contribution >= 4 is 16.0 Å². The van der Waals surface area contributed by atoms with Gasteiger partial charge >= 0.3 is 5.97 Å². The zero-order valence-corrected chi connectivity index (χ0v) is 12.9. The molecule has 0 aliphatic rings. The van der Waals surface area contributed by atoms with Crippen LogP contribution in [0.5, 0.6) is 0 Å². The maximum absolute atomic E-state index is 12.3. The van der Waals surface area contributed by atoms with Gasteiger partial charge in [0.1, 0.15) is 0 Å². The van der Waals surface area contributed by atoms with Gasteiger partial charge in [0.2, 0.25) is 10.0 Å². The third kappa shape index (κ3) is 4.31. The summed E-state index contributed by atoms with van der Waals surface area (Å²) < 4.78 is 30.2. The van der Waals surface area contributed by atoms with Gasteiger partial charge in [0.25, 0.3) is 0 Å². The molecule has 0 spiro atoms. The Morgan fingerprint density at radius 2 is 1.85 bits per heavy atom. The van der Waals surface area contributed by atoms with E-state index in [0.29, 0.717) is 0 Å². The molecule has 0 aliphatic heterocycles. The van der Waals surface area contributed by atoms with Crippen molar-refractivity contribution in [3.05, 3.63) is 29.8 Å². The third-order valence-corrected chi connectivity index (χ3v) is 4.90. The molecule has 5 nitrogen and oxygen atoms in total. The van der Waals surface area contributed by atoms with Crippen LogP contribution in [-0.4, -0.2) is 39.4 Å². The van der Waals surface area contributed by atoms with Gasteiger partial charge in [0.05, 0.1) is 18.4 Å². The quantitative estimate of drug-likeness (QED) is 0.721. The average Bonchev–Trinajstić information content (AvgIpc) is 2.45. The Hall–Kier alpha value is -1.40. The first-order valence-electron chi connectivity index (χ1n) is 6.54. The molecule has 0 saturated carbocycles. The predicted molar refractivity (Wildman–Crippen MR) is 76.9 cm³/mol.